The van der Waals surface area contributed by atoms with Crippen LogP contribution >= 0.6 is 0 Å². The van der Waals surface area contributed by atoms with Crippen LogP contribution in [0.4, 0.5) is 29.3 Å². The van der Waals surface area contributed by atoms with Crippen molar-refractivity contribution in [1.29, 1.82) is 0 Å². The highest BCUT2D eigenvalue weighted by Gasteiger charge is 2.33. The van der Waals surface area contributed by atoms with Gasteiger partial charge in [-0.15, -0.1) is 0 Å². The molecule has 0 atom stereocenters. The van der Waals surface area contributed by atoms with E-state index in [1.165, 1.54) is 24.3 Å². The molecule has 3 rings (SSSR count). The first kappa shape index (κ1) is 23.1. The third kappa shape index (κ3) is 6.19. The lowest BCUT2D eigenvalue weighted by molar-refractivity contribution is -0.385. The molecule has 0 aliphatic carbocycles. The third-order valence-electron chi connectivity index (χ3n) is 4.15. The topological polar surface area (TPSA) is 123 Å². The molecule has 170 valence electrons. The Labute approximate surface area is 184 Å². The minimum Gasteiger partial charge on any atom is -0.450 e. The number of nitro groups is 1. The van der Waals surface area contributed by atoms with E-state index in [1.54, 1.807) is 30.3 Å². The van der Waals surface area contributed by atoms with E-state index in [9.17, 15) is 32.9 Å². The first-order chi connectivity index (χ1) is 15.6. The number of rotatable bonds is 5. The number of urea groups is 1. The number of halogens is 3. The first-order valence-electron chi connectivity index (χ1n) is 9.19. The van der Waals surface area contributed by atoms with Gasteiger partial charge in [0.25, 0.3) is 5.91 Å². The number of nitrogens with zero attached hydrogens (tertiary/aromatic N) is 1. The number of carbonyl (C=O) groups excluding carboxylic acids is 2. The molecule has 0 radical (unpaired) electrons. The lowest BCUT2D eigenvalue weighted by Gasteiger charge is -2.11. The van der Waals surface area contributed by atoms with Crippen molar-refractivity contribution in [2.24, 2.45) is 0 Å². The van der Waals surface area contributed by atoms with Gasteiger partial charge in [-0.2, -0.15) is 13.2 Å². The first-order valence-corrected chi connectivity index (χ1v) is 9.19. The molecule has 3 aromatic rings. The second kappa shape index (κ2) is 9.68. The van der Waals surface area contributed by atoms with E-state index >= 15 is 0 Å². The average Bonchev–Trinajstić information content (AvgIpc) is 2.78. The maximum atomic E-state index is 12.8. The van der Waals surface area contributed by atoms with Crippen molar-refractivity contribution in [3.8, 4) is 11.5 Å². The minimum atomic E-state index is -4.75. The zero-order chi connectivity index (χ0) is 24.0. The van der Waals surface area contributed by atoms with Gasteiger partial charge in [-0.1, -0.05) is 18.2 Å². The minimum absolute atomic E-state index is 0.0455. The van der Waals surface area contributed by atoms with E-state index < -0.39 is 40.0 Å². The molecule has 0 aliphatic heterocycles. The lowest BCUT2D eigenvalue weighted by Crippen LogP contribution is -2.43. The van der Waals surface area contributed by atoms with E-state index in [4.69, 9.17) is 4.74 Å². The largest absolute Gasteiger partial charge is 0.450 e. The van der Waals surface area contributed by atoms with Gasteiger partial charge in [-0.3, -0.25) is 20.3 Å². The number of hydrazine groups is 1. The summed E-state index contributed by atoms with van der Waals surface area (Å²) in [6.07, 6.45) is -4.75. The molecule has 3 amide bonds. The van der Waals surface area contributed by atoms with Crippen LogP contribution in [-0.2, 0) is 6.18 Å². The molecule has 9 nitrogen and oxygen atoms in total. The number of hydrogen-bond donors (Lipinski definition) is 3. The van der Waals surface area contributed by atoms with Gasteiger partial charge < -0.3 is 10.1 Å². The Bertz CT molecular complexity index is 1170. The second-order valence-electron chi connectivity index (χ2n) is 6.46. The molecule has 12 heteroatoms. The summed E-state index contributed by atoms with van der Waals surface area (Å²) >= 11 is 0. The van der Waals surface area contributed by atoms with Crippen molar-refractivity contribution < 1.29 is 32.4 Å². The SMILES string of the molecule is O=C(NNC(=O)c1ccc(Oc2ccc(C(F)(F)F)cc2[N+](=O)[O-])cc1)Nc1ccccc1. The van der Waals surface area contributed by atoms with Crippen LogP contribution in [0.25, 0.3) is 0 Å². The highest BCUT2D eigenvalue weighted by atomic mass is 19.4. The predicted molar refractivity (Wildman–Crippen MR) is 111 cm³/mol. The molecule has 0 saturated carbocycles. The molecule has 0 heterocycles. The van der Waals surface area contributed by atoms with Crippen LogP contribution in [0.2, 0.25) is 0 Å². The number of alkyl halides is 3. The number of para-hydroxylation sites is 1. The fraction of sp³-hybridized carbons (Fsp3) is 0.0476. The van der Waals surface area contributed by atoms with Crippen LogP contribution in [0, 0.1) is 10.1 Å². The number of benzene rings is 3. The van der Waals surface area contributed by atoms with Gasteiger partial charge in [0.15, 0.2) is 0 Å². The van der Waals surface area contributed by atoms with Crippen molar-refractivity contribution in [2.75, 3.05) is 5.32 Å². The number of carbonyl (C=O) groups is 2. The van der Waals surface area contributed by atoms with Crippen molar-refractivity contribution in [3.05, 3.63) is 94.0 Å². The molecule has 0 unspecified atom stereocenters. The van der Waals surface area contributed by atoms with Gasteiger partial charge in [-0.25, -0.2) is 10.2 Å². The number of nitrogens with one attached hydrogen (secondary N) is 3. The molecule has 0 saturated heterocycles. The number of anilines is 1. The standard InChI is InChI=1S/C21H15F3N4O5/c22-21(23,24)14-8-11-18(17(12-14)28(31)32)33-16-9-6-13(7-10-16)19(29)26-27-20(30)25-15-4-2-1-3-5-15/h1-12H,(H,26,29)(H2,25,27,30). The van der Waals surface area contributed by atoms with E-state index in [0.717, 1.165) is 6.07 Å². The molecule has 3 aromatic carbocycles. The lowest BCUT2D eigenvalue weighted by atomic mass is 10.1. The molecular formula is C21H15F3N4O5. The monoisotopic (exact) mass is 460 g/mol. The molecule has 0 bridgehead atoms. The van der Waals surface area contributed by atoms with E-state index in [2.05, 4.69) is 16.2 Å². The molecular weight excluding hydrogens is 445 g/mol. The smallest absolute Gasteiger partial charge is 0.416 e. The second-order valence-corrected chi connectivity index (χ2v) is 6.46. The molecule has 33 heavy (non-hydrogen) atoms. The van der Waals surface area contributed by atoms with Crippen LogP contribution in [0.5, 0.6) is 11.5 Å². The Morgan fingerprint density at radius 2 is 1.58 bits per heavy atom. The number of ether oxygens (including phenoxy) is 1. The number of hydrogen-bond acceptors (Lipinski definition) is 5. The highest BCUT2D eigenvalue weighted by molar-refractivity contribution is 5.97. The van der Waals surface area contributed by atoms with Crippen molar-refractivity contribution >= 4 is 23.3 Å². The summed E-state index contributed by atoms with van der Waals surface area (Å²) in [5.74, 6) is -1.01. The van der Waals surface area contributed by atoms with Gasteiger partial charge >= 0.3 is 17.9 Å². The van der Waals surface area contributed by atoms with Gasteiger partial charge in [0.1, 0.15) is 5.75 Å². The summed E-state index contributed by atoms with van der Waals surface area (Å²) < 4.78 is 43.7. The fourth-order valence-corrected chi connectivity index (χ4v) is 2.59. The highest BCUT2D eigenvalue weighted by Crippen LogP contribution is 2.37. The summed E-state index contributed by atoms with van der Waals surface area (Å²) in [5, 5.41) is 13.6. The Morgan fingerprint density at radius 1 is 0.909 bits per heavy atom. The van der Waals surface area contributed by atoms with Crippen molar-refractivity contribution in [3.63, 3.8) is 0 Å². The normalized spacial score (nSPS) is 10.8. The number of nitro benzene ring substituents is 1. The van der Waals surface area contributed by atoms with Crippen LogP contribution in [0.1, 0.15) is 15.9 Å². The molecule has 0 spiro atoms. The van der Waals surface area contributed by atoms with Crippen LogP contribution in [0.15, 0.2) is 72.8 Å². The number of amides is 3. The Hall–Kier alpha value is -4.61. The summed E-state index contributed by atoms with van der Waals surface area (Å²) in [5.41, 5.74) is 2.96. The van der Waals surface area contributed by atoms with Gasteiger partial charge in [0, 0.05) is 17.3 Å². The third-order valence-corrected chi connectivity index (χ3v) is 4.15. The Kier molecular flexibility index (Phi) is 6.77. The molecule has 3 N–H and O–H groups in total. The zero-order valence-electron chi connectivity index (χ0n) is 16.6. The van der Waals surface area contributed by atoms with E-state index in [-0.39, 0.29) is 11.3 Å². The molecule has 0 aliphatic rings. The van der Waals surface area contributed by atoms with Gasteiger partial charge in [0.05, 0.1) is 10.5 Å². The van der Waals surface area contributed by atoms with Crippen molar-refractivity contribution in [1.82, 2.24) is 10.9 Å². The van der Waals surface area contributed by atoms with Crippen LogP contribution in [-0.4, -0.2) is 16.9 Å². The summed E-state index contributed by atoms with van der Waals surface area (Å²) in [6.45, 7) is 0. The zero-order valence-corrected chi connectivity index (χ0v) is 16.6. The van der Waals surface area contributed by atoms with Crippen molar-refractivity contribution in [2.45, 2.75) is 6.18 Å². The fourth-order valence-electron chi connectivity index (χ4n) is 2.59. The maximum Gasteiger partial charge on any atom is 0.416 e. The van der Waals surface area contributed by atoms with E-state index in [0.29, 0.717) is 17.8 Å². The summed E-state index contributed by atoms with van der Waals surface area (Å²) in [4.78, 5) is 34.1. The van der Waals surface area contributed by atoms with Gasteiger partial charge in [0.2, 0.25) is 5.75 Å². The Balaban J connectivity index is 1.62. The molecule has 0 fully saturated rings. The average molecular weight is 460 g/mol. The van der Waals surface area contributed by atoms with Crippen LogP contribution < -0.4 is 20.9 Å². The quantitative estimate of drug-likeness (QED) is 0.370. The van der Waals surface area contributed by atoms with Crippen LogP contribution in [0.3, 0.4) is 0 Å². The van der Waals surface area contributed by atoms with Gasteiger partial charge in [-0.05, 0) is 48.5 Å². The molecule has 0 aromatic heterocycles. The maximum absolute atomic E-state index is 12.8. The Morgan fingerprint density at radius 3 is 2.18 bits per heavy atom. The predicted octanol–water partition coefficient (Wildman–Crippen LogP) is 4.87. The summed E-state index contributed by atoms with van der Waals surface area (Å²) in [7, 11) is 0. The van der Waals surface area contributed by atoms with E-state index in [1.807, 2.05) is 0 Å². The summed E-state index contributed by atoms with van der Waals surface area (Å²) in [6, 6.07) is 14.9.